The van der Waals surface area contributed by atoms with Gasteiger partial charge in [0, 0.05) is 25.3 Å². The van der Waals surface area contributed by atoms with Gasteiger partial charge in [-0.05, 0) is 53.0 Å². The molecule has 6 nitrogen and oxygen atoms in total. The van der Waals surface area contributed by atoms with Gasteiger partial charge in [0.1, 0.15) is 9.73 Å². The molecular formula is C16H14BrF3N4O2S2. The molecule has 1 fully saturated rings. The quantitative estimate of drug-likeness (QED) is 0.544. The fourth-order valence-corrected chi connectivity index (χ4v) is 7.01. The van der Waals surface area contributed by atoms with Crippen LogP contribution < -0.4 is 0 Å². The minimum Gasteiger partial charge on any atom is -0.302 e. The minimum absolute atomic E-state index is 0.131. The van der Waals surface area contributed by atoms with Crippen LogP contribution in [0.15, 0.2) is 38.5 Å². The van der Waals surface area contributed by atoms with Crippen molar-refractivity contribution in [2.45, 2.75) is 29.3 Å². The van der Waals surface area contributed by atoms with E-state index in [9.17, 15) is 21.6 Å². The predicted molar refractivity (Wildman–Crippen MR) is 102 cm³/mol. The van der Waals surface area contributed by atoms with Crippen molar-refractivity contribution in [2.24, 2.45) is 0 Å². The van der Waals surface area contributed by atoms with Crippen molar-refractivity contribution in [1.29, 1.82) is 0 Å². The highest BCUT2D eigenvalue weighted by Gasteiger charge is 2.41. The summed E-state index contributed by atoms with van der Waals surface area (Å²) in [5, 5.41) is 0. The highest BCUT2D eigenvalue weighted by Crippen LogP contribution is 2.37. The molecule has 3 aromatic rings. The first-order chi connectivity index (χ1) is 13.2. The molecule has 0 spiro atoms. The van der Waals surface area contributed by atoms with E-state index in [-0.39, 0.29) is 41.3 Å². The number of hydrogen-bond donors (Lipinski definition) is 0. The molecule has 0 radical (unpaired) electrons. The highest BCUT2D eigenvalue weighted by molar-refractivity contribution is 9.11. The van der Waals surface area contributed by atoms with E-state index in [0.29, 0.717) is 3.79 Å². The number of hydrogen-bond acceptors (Lipinski definition) is 5. The van der Waals surface area contributed by atoms with Gasteiger partial charge in [0.05, 0.1) is 3.79 Å². The second kappa shape index (κ2) is 7.08. The first-order valence-electron chi connectivity index (χ1n) is 8.33. The number of sulfonamides is 1. The Bertz CT molecular complexity index is 1120. The molecule has 3 aromatic heterocycles. The van der Waals surface area contributed by atoms with Crippen molar-refractivity contribution in [1.82, 2.24) is 18.8 Å². The SMILES string of the molecule is O=S(=O)(c1ccc(Br)s1)N1CCC(n2c(C(F)(F)F)nc3cccnc32)CC1. The summed E-state index contributed by atoms with van der Waals surface area (Å²) in [6.07, 6.45) is -2.70. The summed E-state index contributed by atoms with van der Waals surface area (Å²) >= 11 is 4.35. The molecule has 1 aliphatic rings. The van der Waals surface area contributed by atoms with E-state index in [1.54, 1.807) is 6.07 Å². The van der Waals surface area contributed by atoms with Crippen LogP contribution in [0, 0.1) is 0 Å². The lowest BCUT2D eigenvalue weighted by molar-refractivity contribution is -0.147. The molecule has 0 amide bonds. The summed E-state index contributed by atoms with van der Waals surface area (Å²) in [5.41, 5.74) is 0.339. The highest BCUT2D eigenvalue weighted by atomic mass is 79.9. The van der Waals surface area contributed by atoms with Crippen LogP contribution >= 0.6 is 27.3 Å². The molecule has 0 bridgehead atoms. The lowest BCUT2D eigenvalue weighted by Gasteiger charge is -2.32. The van der Waals surface area contributed by atoms with E-state index in [4.69, 9.17) is 0 Å². The fourth-order valence-electron chi connectivity index (χ4n) is 3.38. The Kier molecular flexibility index (Phi) is 5.01. The summed E-state index contributed by atoms with van der Waals surface area (Å²) in [6.45, 7) is 0.263. The van der Waals surface area contributed by atoms with E-state index >= 15 is 0 Å². The van der Waals surface area contributed by atoms with Gasteiger partial charge in [-0.2, -0.15) is 17.5 Å². The standard InChI is InChI=1S/C16H14BrF3N4O2S2/c17-12-3-4-13(27-12)28(25,26)23-8-5-10(6-9-23)24-14-11(2-1-7-21-14)22-15(24)16(18,19)20/h1-4,7,10H,5-6,8-9H2. The normalized spacial score (nSPS) is 17.4. The first-order valence-corrected chi connectivity index (χ1v) is 11.4. The lowest BCUT2D eigenvalue weighted by atomic mass is 10.1. The third-order valence-corrected chi connectivity index (χ3v) is 8.62. The van der Waals surface area contributed by atoms with Gasteiger partial charge in [-0.15, -0.1) is 11.3 Å². The third kappa shape index (κ3) is 3.46. The maximum Gasteiger partial charge on any atom is 0.449 e. The van der Waals surface area contributed by atoms with Crippen LogP contribution in [0.5, 0.6) is 0 Å². The third-order valence-electron chi connectivity index (χ3n) is 4.63. The van der Waals surface area contributed by atoms with Gasteiger partial charge < -0.3 is 4.57 Å². The molecule has 0 aliphatic carbocycles. The Morgan fingerprint density at radius 2 is 1.89 bits per heavy atom. The van der Waals surface area contributed by atoms with Crippen molar-refractivity contribution in [3.8, 4) is 0 Å². The van der Waals surface area contributed by atoms with Crippen molar-refractivity contribution >= 4 is 48.5 Å². The van der Waals surface area contributed by atoms with Crippen molar-refractivity contribution in [3.63, 3.8) is 0 Å². The Labute approximate surface area is 171 Å². The van der Waals surface area contributed by atoms with Crippen LogP contribution in [0.25, 0.3) is 11.2 Å². The molecule has 0 unspecified atom stereocenters. The van der Waals surface area contributed by atoms with E-state index < -0.39 is 28.1 Å². The van der Waals surface area contributed by atoms with Crippen LogP contribution in [-0.4, -0.2) is 40.3 Å². The number of nitrogens with zero attached hydrogens (tertiary/aromatic N) is 4. The number of aromatic nitrogens is 3. The number of fused-ring (bicyclic) bond motifs is 1. The Balaban J connectivity index is 1.63. The number of piperidine rings is 1. The lowest BCUT2D eigenvalue weighted by Crippen LogP contribution is -2.39. The predicted octanol–water partition coefficient (Wildman–Crippen LogP) is 4.30. The molecule has 0 saturated carbocycles. The second-order valence-electron chi connectivity index (χ2n) is 6.34. The Morgan fingerprint density at radius 3 is 2.50 bits per heavy atom. The van der Waals surface area contributed by atoms with Gasteiger partial charge in [0.2, 0.25) is 5.82 Å². The average molecular weight is 495 g/mol. The van der Waals surface area contributed by atoms with E-state index in [0.717, 1.165) is 15.9 Å². The number of rotatable bonds is 3. The number of pyridine rings is 1. The van der Waals surface area contributed by atoms with Gasteiger partial charge in [0.15, 0.2) is 5.65 Å². The first kappa shape index (κ1) is 19.8. The Hall–Kier alpha value is -1.50. The maximum atomic E-state index is 13.5. The molecule has 0 N–H and O–H groups in total. The van der Waals surface area contributed by atoms with Gasteiger partial charge in [0.25, 0.3) is 10.0 Å². The van der Waals surface area contributed by atoms with Crippen LogP contribution in [-0.2, 0) is 16.2 Å². The van der Waals surface area contributed by atoms with Gasteiger partial charge in [-0.1, -0.05) is 0 Å². The summed E-state index contributed by atoms with van der Waals surface area (Å²) in [5.74, 6) is -0.996. The van der Waals surface area contributed by atoms with Crippen molar-refractivity contribution in [3.05, 3.63) is 40.1 Å². The van der Waals surface area contributed by atoms with Gasteiger partial charge in [-0.25, -0.2) is 18.4 Å². The summed E-state index contributed by atoms with van der Waals surface area (Å²) in [4.78, 5) is 7.79. The summed E-state index contributed by atoms with van der Waals surface area (Å²) in [7, 11) is -3.66. The molecule has 12 heteroatoms. The zero-order chi connectivity index (χ0) is 20.1. The van der Waals surface area contributed by atoms with Crippen molar-refractivity contribution in [2.75, 3.05) is 13.1 Å². The van der Waals surface area contributed by atoms with Gasteiger partial charge >= 0.3 is 6.18 Å². The zero-order valence-corrected chi connectivity index (χ0v) is 17.4. The molecule has 150 valence electrons. The van der Waals surface area contributed by atoms with E-state index in [1.807, 2.05) is 0 Å². The van der Waals surface area contributed by atoms with Crippen LogP contribution in [0.2, 0.25) is 0 Å². The number of halogens is 4. The molecule has 4 heterocycles. The molecule has 28 heavy (non-hydrogen) atoms. The number of alkyl halides is 3. The fraction of sp³-hybridized carbons (Fsp3) is 0.375. The average Bonchev–Trinajstić information content (AvgIpc) is 3.26. The topological polar surface area (TPSA) is 68.1 Å². The smallest absolute Gasteiger partial charge is 0.302 e. The van der Waals surface area contributed by atoms with Crippen LogP contribution in [0.1, 0.15) is 24.7 Å². The molecular weight excluding hydrogens is 481 g/mol. The maximum absolute atomic E-state index is 13.5. The molecule has 1 saturated heterocycles. The van der Waals surface area contributed by atoms with Crippen molar-refractivity contribution < 1.29 is 21.6 Å². The summed E-state index contributed by atoms with van der Waals surface area (Å²) < 4.78 is 69.4. The minimum atomic E-state index is -4.62. The Morgan fingerprint density at radius 1 is 1.18 bits per heavy atom. The number of thiophene rings is 1. The second-order valence-corrected chi connectivity index (χ2v) is 11.0. The van der Waals surface area contributed by atoms with Crippen LogP contribution in [0.3, 0.4) is 0 Å². The molecule has 0 aromatic carbocycles. The van der Waals surface area contributed by atoms with Crippen LogP contribution in [0.4, 0.5) is 13.2 Å². The summed E-state index contributed by atoms with van der Waals surface area (Å²) in [6, 6.07) is 5.67. The molecule has 1 aliphatic heterocycles. The number of imidazole rings is 1. The van der Waals surface area contributed by atoms with Gasteiger partial charge in [-0.3, -0.25) is 0 Å². The molecule has 0 atom stereocenters. The molecule has 4 rings (SSSR count). The zero-order valence-electron chi connectivity index (χ0n) is 14.2. The monoisotopic (exact) mass is 494 g/mol. The largest absolute Gasteiger partial charge is 0.449 e. The van der Waals surface area contributed by atoms with E-state index in [1.165, 1.54) is 28.7 Å². The van der Waals surface area contributed by atoms with E-state index in [2.05, 4.69) is 25.9 Å².